The normalized spacial score (nSPS) is 10.6. The molecule has 10 heteroatoms. The molecule has 0 aliphatic heterocycles. The SMILES string of the molecule is Cc1nc(SSc2nnc(C)c(O)n2)nnc1O. The summed E-state index contributed by atoms with van der Waals surface area (Å²) in [5.41, 5.74) is 0.752. The van der Waals surface area contributed by atoms with Gasteiger partial charge in [0.15, 0.2) is 0 Å². The maximum Gasteiger partial charge on any atom is 0.252 e. The van der Waals surface area contributed by atoms with E-state index in [4.69, 9.17) is 0 Å². The molecule has 0 aromatic carbocycles. The third-order valence-electron chi connectivity index (χ3n) is 1.82. The van der Waals surface area contributed by atoms with Gasteiger partial charge in [0.1, 0.15) is 11.4 Å². The van der Waals surface area contributed by atoms with Crippen LogP contribution in [-0.2, 0) is 0 Å². The lowest BCUT2D eigenvalue weighted by atomic mass is 10.5. The Hall–Kier alpha value is -1.68. The Bertz CT molecular complexity index is 530. The van der Waals surface area contributed by atoms with Crippen LogP contribution >= 0.6 is 21.6 Å². The van der Waals surface area contributed by atoms with Gasteiger partial charge >= 0.3 is 0 Å². The molecule has 0 saturated heterocycles. The Morgan fingerprint density at radius 1 is 0.722 bits per heavy atom. The average molecular weight is 284 g/mol. The van der Waals surface area contributed by atoms with Crippen LogP contribution in [0.15, 0.2) is 10.3 Å². The molecule has 0 saturated carbocycles. The fraction of sp³-hybridized carbons (Fsp3) is 0.250. The fourth-order valence-corrected chi connectivity index (χ4v) is 2.35. The van der Waals surface area contributed by atoms with Gasteiger partial charge in [0.2, 0.25) is 16.2 Å². The molecule has 0 spiro atoms. The van der Waals surface area contributed by atoms with Gasteiger partial charge < -0.3 is 10.2 Å². The van der Waals surface area contributed by atoms with Gasteiger partial charge in [0.05, 0.1) is 0 Å². The number of aromatic nitrogens is 6. The summed E-state index contributed by atoms with van der Waals surface area (Å²) < 4.78 is 0. The van der Waals surface area contributed by atoms with Crippen LogP contribution in [0.1, 0.15) is 11.4 Å². The molecule has 0 amide bonds. The van der Waals surface area contributed by atoms with Crippen molar-refractivity contribution < 1.29 is 10.2 Å². The first-order chi connectivity index (χ1) is 8.56. The number of nitrogens with zero attached hydrogens (tertiary/aromatic N) is 6. The van der Waals surface area contributed by atoms with Gasteiger partial charge in [-0.3, -0.25) is 0 Å². The highest BCUT2D eigenvalue weighted by Crippen LogP contribution is 2.33. The number of aromatic hydroxyl groups is 2. The first-order valence-corrected chi connectivity index (χ1v) is 6.86. The minimum absolute atomic E-state index is 0.158. The zero-order chi connectivity index (χ0) is 13.1. The third-order valence-corrected chi connectivity index (χ3v) is 3.69. The van der Waals surface area contributed by atoms with Crippen molar-refractivity contribution in [3.8, 4) is 11.8 Å². The molecule has 2 aromatic rings. The van der Waals surface area contributed by atoms with E-state index in [1.54, 1.807) is 13.8 Å². The van der Waals surface area contributed by atoms with Crippen molar-refractivity contribution in [1.29, 1.82) is 0 Å². The number of hydrogen-bond donors (Lipinski definition) is 2. The van der Waals surface area contributed by atoms with Crippen molar-refractivity contribution >= 4 is 21.6 Å². The molecule has 0 aliphatic carbocycles. The lowest BCUT2D eigenvalue weighted by molar-refractivity contribution is 0.430. The summed E-state index contributed by atoms with van der Waals surface area (Å²) in [5, 5.41) is 33.9. The molecule has 2 N–H and O–H groups in total. The van der Waals surface area contributed by atoms with Gasteiger partial charge in [-0.15, -0.1) is 20.4 Å². The van der Waals surface area contributed by atoms with Crippen LogP contribution in [0, 0.1) is 13.8 Å². The standard InChI is InChI=1S/C8H8N6O2S2/c1-3-6(16)12-14-7(9-3)17-18-8-10-5(15)4(2)11-13-8/h1-2H3,(H,12,16)(H,10,13,15). The van der Waals surface area contributed by atoms with E-state index in [-0.39, 0.29) is 16.9 Å². The average Bonchev–Trinajstić information content (AvgIpc) is 2.35. The largest absolute Gasteiger partial charge is 0.492 e. The zero-order valence-corrected chi connectivity index (χ0v) is 11.0. The molecular weight excluding hydrogens is 276 g/mol. The van der Waals surface area contributed by atoms with Gasteiger partial charge in [-0.2, -0.15) is 4.98 Å². The minimum atomic E-state index is -0.199. The summed E-state index contributed by atoms with van der Waals surface area (Å²) in [4.78, 5) is 7.83. The Labute approximate surface area is 110 Å². The predicted molar refractivity (Wildman–Crippen MR) is 64.2 cm³/mol. The minimum Gasteiger partial charge on any atom is -0.492 e. The Morgan fingerprint density at radius 2 is 1.33 bits per heavy atom. The first kappa shape index (κ1) is 12.8. The summed E-state index contributed by atoms with van der Waals surface area (Å²) in [5.74, 6) is -0.357. The van der Waals surface area contributed by atoms with Crippen LogP contribution in [-0.4, -0.2) is 40.6 Å². The molecule has 0 atom stereocenters. The van der Waals surface area contributed by atoms with Crippen LogP contribution in [0.5, 0.6) is 11.8 Å². The molecule has 0 unspecified atom stereocenters. The molecule has 0 bridgehead atoms. The number of rotatable bonds is 3. The van der Waals surface area contributed by atoms with Crippen molar-refractivity contribution in [3.05, 3.63) is 11.4 Å². The van der Waals surface area contributed by atoms with Crippen molar-refractivity contribution in [2.45, 2.75) is 24.2 Å². The highest BCUT2D eigenvalue weighted by atomic mass is 33.1. The molecular formula is C8H8N6O2S2. The second-order valence-electron chi connectivity index (χ2n) is 3.17. The van der Waals surface area contributed by atoms with Crippen LogP contribution in [0.4, 0.5) is 0 Å². The number of hydrogen-bond acceptors (Lipinski definition) is 10. The predicted octanol–water partition coefficient (Wildman–Crippen LogP) is 0.884. The van der Waals surface area contributed by atoms with E-state index in [0.717, 1.165) is 21.6 Å². The summed E-state index contributed by atoms with van der Waals surface area (Å²) in [6.07, 6.45) is 0. The number of aryl methyl sites for hydroxylation is 2. The van der Waals surface area contributed by atoms with Crippen LogP contribution in [0.2, 0.25) is 0 Å². The van der Waals surface area contributed by atoms with Gasteiger partial charge in [0.25, 0.3) is 5.88 Å². The van der Waals surface area contributed by atoms with Crippen molar-refractivity contribution in [2.75, 3.05) is 0 Å². The topological polar surface area (TPSA) is 118 Å². The molecule has 94 valence electrons. The van der Waals surface area contributed by atoms with E-state index >= 15 is 0 Å². The maximum absolute atomic E-state index is 9.36. The monoisotopic (exact) mass is 284 g/mol. The van der Waals surface area contributed by atoms with E-state index in [1.807, 2.05) is 0 Å². The highest BCUT2D eigenvalue weighted by Gasteiger charge is 2.09. The van der Waals surface area contributed by atoms with Gasteiger partial charge in [0, 0.05) is 0 Å². The van der Waals surface area contributed by atoms with Crippen molar-refractivity contribution in [2.24, 2.45) is 0 Å². The fourth-order valence-electron chi connectivity index (χ4n) is 0.880. The van der Waals surface area contributed by atoms with E-state index < -0.39 is 0 Å². The van der Waals surface area contributed by atoms with Gasteiger partial charge in [-0.05, 0) is 35.4 Å². The molecule has 2 aromatic heterocycles. The third kappa shape index (κ3) is 2.96. The van der Waals surface area contributed by atoms with E-state index in [1.165, 1.54) is 0 Å². The molecule has 18 heavy (non-hydrogen) atoms. The molecule has 0 fully saturated rings. The smallest absolute Gasteiger partial charge is 0.252 e. The van der Waals surface area contributed by atoms with Crippen molar-refractivity contribution in [3.63, 3.8) is 0 Å². The Morgan fingerprint density at radius 3 is 1.94 bits per heavy atom. The molecule has 0 radical (unpaired) electrons. The second-order valence-corrected chi connectivity index (χ2v) is 5.24. The summed E-state index contributed by atoms with van der Waals surface area (Å²) in [6, 6.07) is 0. The lowest BCUT2D eigenvalue weighted by Crippen LogP contribution is -1.95. The van der Waals surface area contributed by atoms with E-state index in [9.17, 15) is 10.2 Å². The molecule has 2 rings (SSSR count). The van der Waals surface area contributed by atoms with E-state index in [0.29, 0.717) is 16.5 Å². The zero-order valence-electron chi connectivity index (χ0n) is 9.39. The van der Waals surface area contributed by atoms with Crippen LogP contribution in [0.25, 0.3) is 0 Å². The summed E-state index contributed by atoms with van der Waals surface area (Å²) in [6.45, 7) is 3.22. The summed E-state index contributed by atoms with van der Waals surface area (Å²) >= 11 is 0. The molecule has 2 heterocycles. The Kier molecular flexibility index (Phi) is 3.77. The highest BCUT2D eigenvalue weighted by molar-refractivity contribution is 8.76. The van der Waals surface area contributed by atoms with Gasteiger partial charge in [-0.25, -0.2) is 4.98 Å². The van der Waals surface area contributed by atoms with Crippen molar-refractivity contribution in [1.82, 2.24) is 30.4 Å². The molecule has 8 nitrogen and oxygen atoms in total. The van der Waals surface area contributed by atoms with Crippen LogP contribution in [0.3, 0.4) is 0 Å². The lowest BCUT2D eigenvalue weighted by Gasteiger charge is -2.00. The maximum atomic E-state index is 9.36. The van der Waals surface area contributed by atoms with E-state index in [2.05, 4.69) is 30.4 Å². The summed E-state index contributed by atoms with van der Waals surface area (Å²) in [7, 11) is 2.29. The first-order valence-electron chi connectivity index (χ1n) is 4.71. The second kappa shape index (κ2) is 5.31. The van der Waals surface area contributed by atoms with Gasteiger partial charge in [-0.1, -0.05) is 0 Å². The quantitative estimate of drug-likeness (QED) is 0.786. The molecule has 0 aliphatic rings. The van der Waals surface area contributed by atoms with Crippen LogP contribution < -0.4 is 0 Å². The Balaban J connectivity index is 2.06.